The molecule has 1 N–H and O–H groups in total. The molecule has 3 rings (SSSR count). The zero-order chi connectivity index (χ0) is 27.0. The molecule has 0 unspecified atom stereocenters. The molecule has 0 heterocycles. The number of sulfonamides is 1. The molecule has 0 saturated carbocycles. The molecule has 0 aliphatic heterocycles. The summed E-state index contributed by atoms with van der Waals surface area (Å²) in [5, 5.41) is 2.90. The first-order chi connectivity index (χ1) is 17.7. The number of nitrogens with one attached hydrogen (secondary N) is 1. The van der Waals surface area contributed by atoms with Crippen molar-refractivity contribution in [1.82, 2.24) is 10.2 Å². The quantitative estimate of drug-likeness (QED) is 0.393. The minimum Gasteiger partial charge on any atom is -0.497 e. The Bertz CT molecular complexity index is 1330. The summed E-state index contributed by atoms with van der Waals surface area (Å²) in [5.41, 5.74) is 0.882. The number of halogens is 1. The molecule has 3 aromatic carbocycles. The molecule has 0 aliphatic rings. The predicted octanol–water partition coefficient (Wildman–Crippen LogP) is 4.10. The molecule has 196 valence electrons. The van der Waals surface area contributed by atoms with Crippen LogP contribution in [0.15, 0.2) is 83.8 Å². The third-order valence-corrected chi connectivity index (χ3v) is 7.83. The van der Waals surface area contributed by atoms with Crippen molar-refractivity contribution in [3.05, 3.63) is 89.4 Å². The highest BCUT2D eigenvalue weighted by Crippen LogP contribution is 2.30. The molecule has 0 spiro atoms. The van der Waals surface area contributed by atoms with Crippen molar-refractivity contribution in [1.29, 1.82) is 0 Å². The highest BCUT2D eigenvalue weighted by molar-refractivity contribution is 7.92. The zero-order valence-corrected chi connectivity index (χ0v) is 22.5. The molecule has 37 heavy (non-hydrogen) atoms. The van der Waals surface area contributed by atoms with Crippen LogP contribution in [0.3, 0.4) is 0 Å². The fraction of sp³-hybridized carbons (Fsp3) is 0.259. The Morgan fingerprint density at radius 2 is 1.68 bits per heavy atom. The summed E-state index contributed by atoms with van der Waals surface area (Å²) < 4.78 is 33.7. The molecule has 10 heteroatoms. The number of carbonyl (C=O) groups is 2. The Labute approximate surface area is 222 Å². The van der Waals surface area contributed by atoms with Crippen LogP contribution >= 0.6 is 11.6 Å². The van der Waals surface area contributed by atoms with Gasteiger partial charge in [0.25, 0.3) is 10.0 Å². The summed E-state index contributed by atoms with van der Waals surface area (Å²) in [6.45, 7) is 3.28. The fourth-order valence-electron chi connectivity index (χ4n) is 3.76. The van der Waals surface area contributed by atoms with Crippen LogP contribution in [-0.4, -0.2) is 51.4 Å². The first kappa shape index (κ1) is 28.0. The monoisotopic (exact) mass is 543 g/mol. The van der Waals surface area contributed by atoms with Gasteiger partial charge >= 0.3 is 0 Å². The second-order valence-electron chi connectivity index (χ2n) is 8.22. The van der Waals surface area contributed by atoms with Crippen molar-refractivity contribution >= 4 is 39.1 Å². The normalized spacial score (nSPS) is 11.9. The van der Waals surface area contributed by atoms with Crippen molar-refractivity contribution in [3.8, 4) is 5.75 Å². The zero-order valence-electron chi connectivity index (χ0n) is 20.9. The third kappa shape index (κ3) is 6.81. The highest BCUT2D eigenvalue weighted by Gasteiger charge is 2.33. The van der Waals surface area contributed by atoms with Gasteiger partial charge in [0.15, 0.2) is 0 Å². The van der Waals surface area contributed by atoms with Crippen molar-refractivity contribution in [2.75, 3.05) is 24.5 Å². The maximum Gasteiger partial charge on any atom is 0.264 e. The van der Waals surface area contributed by atoms with E-state index in [0.717, 1.165) is 9.87 Å². The average molecular weight is 544 g/mol. The van der Waals surface area contributed by atoms with Gasteiger partial charge in [0.05, 0.1) is 22.7 Å². The van der Waals surface area contributed by atoms with Crippen molar-refractivity contribution in [2.45, 2.75) is 31.3 Å². The van der Waals surface area contributed by atoms with Crippen LogP contribution in [0.4, 0.5) is 5.69 Å². The van der Waals surface area contributed by atoms with Crippen LogP contribution in [0.25, 0.3) is 0 Å². The molecule has 0 aliphatic carbocycles. The SMILES string of the molecule is CCNC(=O)[C@H](C)N(Cc1cccc(OC)c1)C(=O)CN(c1ccccc1Cl)S(=O)(=O)c1ccccc1. The van der Waals surface area contributed by atoms with E-state index in [1.165, 1.54) is 30.2 Å². The summed E-state index contributed by atoms with van der Waals surface area (Å²) in [6, 6.07) is 20.5. The number of para-hydroxylation sites is 1. The van der Waals surface area contributed by atoms with E-state index in [0.29, 0.717) is 12.3 Å². The summed E-state index contributed by atoms with van der Waals surface area (Å²) >= 11 is 6.38. The molecular formula is C27H30ClN3O5S. The lowest BCUT2D eigenvalue weighted by atomic mass is 10.1. The number of amides is 2. The first-order valence-electron chi connectivity index (χ1n) is 11.7. The van der Waals surface area contributed by atoms with Gasteiger partial charge in [0.2, 0.25) is 11.8 Å². The second-order valence-corrected chi connectivity index (χ2v) is 10.5. The van der Waals surface area contributed by atoms with E-state index >= 15 is 0 Å². The van der Waals surface area contributed by atoms with E-state index in [1.807, 2.05) is 0 Å². The number of benzene rings is 3. The highest BCUT2D eigenvalue weighted by atomic mass is 35.5. The number of carbonyl (C=O) groups excluding carboxylic acids is 2. The summed E-state index contributed by atoms with van der Waals surface area (Å²) in [4.78, 5) is 27.9. The number of hydrogen-bond acceptors (Lipinski definition) is 5. The first-order valence-corrected chi connectivity index (χ1v) is 13.5. The minimum atomic E-state index is -4.16. The van der Waals surface area contributed by atoms with E-state index < -0.39 is 28.5 Å². The minimum absolute atomic E-state index is 0.0128. The van der Waals surface area contributed by atoms with E-state index in [4.69, 9.17) is 16.3 Å². The van der Waals surface area contributed by atoms with E-state index in [1.54, 1.807) is 74.5 Å². The van der Waals surface area contributed by atoms with Crippen LogP contribution in [0, 0.1) is 0 Å². The number of anilines is 1. The number of ether oxygens (including phenoxy) is 1. The summed E-state index contributed by atoms with van der Waals surface area (Å²) in [5.74, 6) is -0.324. The van der Waals surface area contributed by atoms with E-state index in [9.17, 15) is 18.0 Å². The molecule has 0 saturated heterocycles. The van der Waals surface area contributed by atoms with Gasteiger partial charge < -0.3 is 15.0 Å². The maximum absolute atomic E-state index is 13.8. The number of rotatable bonds is 11. The number of methoxy groups -OCH3 is 1. The molecule has 0 fully saturated rings. The Hall–Kier alpha value is -3.56. The van der Waals surface area contributed by atoms with Crippen molar-refractivity contribution in [3.63, 3.8) is 0 Å². The van der Waals surface area contributed by atoms with Crippen molar-refractivity contribution < 1.29 is 22.7 Å². The fourth-order valence-corrected chi connectivity index (χ4v) is 5.50. The van der Waals surface area contributed by atoms with Gasteiger partial charge in [-0.1, -0.05) is 54.1 Å². The Kier molecular flexibility index (Phi) is 9.54. The van der Waals surface area contributed by atoms with Gasteiger partial charge in [0, 0.05) is 13.1 Å². The number of hydrogen-bond donors (Lipinski definition) is 1. The second kappa shape index (κ2) is 12.6. The molecule has 0 bridgehead atoms. The average Bonchev–Trinajstić information content (AvgIpc) is 2.91. The lowest BCUT2D eigenvalue weighted by Gasteiger charge is -2.32. The lowest BCUT2D eigenvalue weighted by Crippen LogP contribution is -2.51. The van der Waals surface area contributed by atoms with Gasteiger partial charge in [0.1, 0.15) is 18.3 Å². The van der Waals surface area contributed by atoms with Crippen molar-refractivity contribution in [2.24, 2.45) is 0 Å². The van der Waals surface area contributed by atoms with Gasteiger partial charge in [-0.05, 0) is 55.8 Å². The Morgan fingerprint density at radius 3 is 2.32 bits per heavy atom. The topological polar surface area (TPSA) is 96.0 Å². The van der Waals surface area contributed by atoms with Gasteiger partial charge in [-0.3, -0.25) is 13.9 Å². The van der Waals surface area contributed by atoms with Gasteiger partial charge in [-0.25, -0.2) is 8.42 Å². The molecule has 3 aromatic rings. The summed E-state index contributed by atoms with van der Waals surface area (Å²) in [7, 11) is -2.63. The molecule has 8 nitrogen and oxygen atoms in total. The predicted molar refractivity (Wildman–Crippen MR) is 144 cm³/mol. The van der Waals surface area contributed by atoms with Gasteiger partial charge in [-0.2, -0.15) is 0 Å². The van der Waals surface area contributed by atoms with E-state index in [-0.39, 0.29) is 28.1 Å². The molecule has 0 aromatic heterocycles. The lowest BCUT2D eigenvalue weighted by molar-refractivity contribution is -0.139. The molecule has 2 amide bonds. The third-order valence-electron chi connectivity index (χ3n) is 5.74. The molecule has 0 radical (unpaired) electrons. The summed E-state index contributed by atoms with van der Waals surface area (Å²) in [6.07, 6.45) is 0. The Balaban J connectivity index is 2.03. The molecule has 1 atom stereocenters. The van der Waals surface area contributed by atoms with Gasteiger partial charge in [-0.15, -0.1) is 0 Å². The van der Waals surface area contributed by atoms with Crippen LogP contribution in [0.2, 0.25) is 5.02 Å². The Morgan fingerprint density at radius 1 is 1.00 bits per heavy atom. The number of likely N-dealkylation sites (N-methyl/N-ethyl adjacent to an activating group) is 1. The largest absolute Gasteiger partial charge is 0.497 e. The smallest absolute Gasteiger partial charge is 0.264 e. The van der Waals surface area contributed by atoms with Crippen LogP contribution in [0.5, 0.6) is 5.75 Å². The van der Waals surface area contributed by atoms with Crippen LogP contribution in [0.1, 0.15) is 19.4 Å². The van der Waals surface area contributed by atoms with Crippen LogP contribution < -0.4 is 14.4 Å². The molecular weight excluding hydrogens is 514 g/mol. The standard InChI is InChI=1S/C27H30ClN3O5S/c1-4-29-27(33)20(2)30(18-21-11-10-12-22(17-21)36-3)26(32)19-31(25-16-9-8-15-24(25)28)37(34,35)23-13-6-5-7-14-23/h5-17,20H,4,18-19H2,1-3H3,(H,29,33)/t20-/m0/s1. The van der Waals surface area contributed by atoms with Crippen LogP contribution in [-0.2, 0) is 26.2 Å². The van der Waals surface area contributed by atoms with E-state index in [2.05, 4.69) is 5.32 Å². The number of nitrogens with zero attached hydrogens (tertiary/aromatic N) is 2. The maximum atomic E-state index is 13.8.